The summed E-state index contributed by atoms with van der Waals surface area (Å²) in [5.41, 5.74) is 0. The molecule has 3 unspecified atom stereocenters. The van der Waals surface area contributed by atoms with Gasteiger partial charge in [0.25, 0.3) is 7.82 Å². The Bertz CT molecular complexity index is 1020. The summed E-state index contributed by atoms with van der Waals surface area (Å²) >= 11 is 0. The van der Waals surface area contributed by atoms with Gasteiger partial charge in [-0.25, -0.2) is 0 Å². The van der Waals surface area contributed by atoms with E-state index in [4.69, 9.17) is 9.05 Å². The van der Waals surface area contributed by atoms with Gasteiger partial charge in [0.15, 0.2) is 0 Å². The van der Waals surface area contributed by atoms with Crippen LogP contribution in [0.4, 0.5) is 0 Å². The highest BCUT2D eigenvalue weighted by Crippen LogP contribution is 2.38. The Morgan fingerprint density at radius 2 is 0.887 bits per heavy atom. The first-order chi connectivity index (χ1) is 30.0. The van der Waals surface area contributed by atoms with E-state index in [1.54, 1.807) is 0 Å². The van der Waals surface area contributed by atoms with E-state index in [9.17, 15) is 19.4 Å². The van der Waals surface area contributed by atoms with Crippen molar-refractivity contribution in [2.75, 3.05) is 40.9 Å². The van der Waals surface area contributed by atoms with Gasteiger partial charge in [-0.2, -0.15) is 0 Å². The molecule has 62 heavy (non-hydrogen) atoms. The molecule has 0 saturated carbocycles. The molecule has 9 heteroatoms. The molecule has 0 aliphatic heterocycles. The zero-order valence-corrected chi connectivity index (χ0v) is 43.0. The van der Waals surface area contributed by atoms with Crippen molar-refractivity contribution in [2.24, 2.45) is 0 Å². The van der Waals surface area contributed by atoms with Gasteiger partial charge in [0.05, 0.1) is 39.9 Å². The van der Waals surface area contributed by atoms with E-state index < -0.39 is 20.0 Å². The van der Waals surface area contributed by atoms with Gasteiger partial charge in [-0.1, -0.05) is 238 Å². The molecular formula is C53H107N2O6P. The normalized spacial score (nSPS) is 14.1. The van der Waals surface area contributed by atoms with Crippen LogP contribution in [0.3, 0.4) is 0 Å². The zero-order chi connectivity index (χ0) is 45.7. The summed E-state index contributed by atoms with van der Waals surface area (Å²) in [6.07, 6.45) is 53.7. The highest BCUT2D eigenvalue weighted by Gasteiger charge is 2.24. The summed E-state index contributed by atoms with van der Waals surface area (Å²) in [6, 6.07) is -0.802. The number of quaternary nitrogens is 1. The Hall–Kier alpha value is -0.760. The first kappa shape index (κ1) is 61.2. The number of nitrogens with one attached hydrogen (secondary N) is 1. The molecule has 370 valence electrons. The Morgan fingerprint density at radius 1 is 0.548 bits per heavy atom. The van der Waals surface area contributed by atoms with Crippen LogP contribution in [-0.4, -0.2) is 68.5 Å². The number of unbranched alkanes of at least 4 members (excludes halogenated alkanes) is 35. The molecular weight excluding hydrogens is 792 g/mol. The Labute approximate surface area is 386 Å². The quantitative estimate of drug-likeness (QED) is 0.0272. The van der Waals surface area contributed by atoms with Gasteiger partial charge < -0.3 is 28.8 Å². The average molecular weight is 899 g/mol. The molecule has 0 aromatic heterocycles. The van der Waals surface area contributed by atoms with Crippen molar-refractivity contribution in [3.05, 3.63) is 12.2 Å². The predicted octanol–water partition coefficient (Wildman–Crippen LogP) is 15.2. The zero-order valence-electron chi connectivity index (χ0n) is 42.1. The van der Waals surface area contributed by atoms with Crippen molar-refractivity contribution in [3.8, 4) is 0 Å². The average Bonchev–Trinajstić information content (AvgIpc) is 3.23. The Morgan fingerprint density at radius 3 is 1.26 bits per heavy atom. The molecule has 0 aromatic rings. The number of aliphatic hydroxyl groups excluding tert-OH is 1. The standard InChI is InChI=1S/C53H107N2O6P/c1-6-8-10-12-14-16-18-20-22-24-26-27-28-29-30-32-34-36-38-40-42-44-46-52(56)51(50-61-62(58,59)60-49-48-55(3,4)5)54-53(57)47-45-43-41-39-37-35-33-31-25-23-21-19-17-15-13-11-9-7-2/h31,33,51-52,56H,6-30,32,34-50H2,1-5H3,(H-,54,57,58,59)/b33-31-. The Balaban J connectivity index is 4.21. The summed E-state index contributed by atoms with van der Waals surface area (Å²) in [5.74, 6) is -0.169. The van der Waals surface area contributed by atoms with Crippen LogP contribution in [0.15, 0.2) is 12.2 Å². The van der Waals surface area contributed by atoms with Gasteiger partial charge >= 0.3 is 0 Å². The number of rotatable bonds is 50. The topological polar surface area (TPSA) is 108 Å². The van der Waals surface area contributed by atoms with E-state index in [2.05, 4.69) is 31.3 Å². The summed E-state index contributed by atoms with van der Waals surface area (Å²) in [6.45, 7) is 4.75. The third-order valence-corrected chi connectivity index (χ3v) is 13.5. The van der Waals surface area contributed by atoms with Gasteiger partial charge in [0, 0.05) is 6.42 Å². The maximum Gasteiger partial charge on any atom is 0.268 e. The lowest BCUT2D eigenvalue weighted by molar-refractivity contribution is -0.870. The number of carbonyl (C=O) groups is 1. The van der Waals surface area contributed by atoms with E-state index >= 15 is 0 Å². The molecule has 0 bridgehead atoms. The fourth-order valence-corrected chi connectivity index (χ4v) is 8.94. The van der Waals surface area contributed by atoms with Crippen LogP contribution in [0.2, 0.25) is 0 Å². The molecule has 0 heterocycles. The van der Waals surface area contributed by atoms with E-state index in [1.165, 1.54) is 193 Å². The van der Waals surface area contributed by atoms with Gasteiger partial charge in [-0.3, -0.25) is 9.36 Å². The number of phosphoric ester groups is 1. The van der Waals surface area contributed by atoms with Crippen LogP contribution in [0.1, 0.15) is 271 Å². The molecule has 0 aromatic carbocycles. The smallest absolute Gasteiger partial charge is 0.268 e. The van der Waals surface area contributed by atoms with Crippen molar-refractivity contribution in [2.45, 2.75) is 283 Å². The van der Waals surface area contributed by atoms with Gasteiger partial charge in [-0.05, 0) is 38.5 Å². The molecule has 3 atom stereocenters. The summed E-state index contributed by atoms with van der Waals surface area (Å²) < 4.78 is 23.4. The van der Waals surface area contributed by atoms with Crippen LogP contribution in [0.5, 0.6) is 0 Å². The van der Waals surface area contributed by atoms with Gasteiger partial charge in [0.2, 0.25) is 5.91 Å². The fraction of sp³-hybridized carbons (Fsp3) is 0.943. The number of aliphatic hydroxyl groups is 1. The third-order valence-electron chi connectivity index (χ3n) is 12.5. The van der Waals surface area contributed by atoms with E-state index in [0.29, 0.717) is 23.9 Å². The van der Waals surface area contributed by atoms with Crippen molar-refractivity contribution in [3.63, 3.8) is 0 Å². The number of nitrogens with zero attached hydrogens (tertiary/aromatic N) is 1. The highest BCUT2D eigenvalue weighted by molar-refractivity contribution is 7.45. The summed E-state index contributed by atoms with van der Waals surface area (Å²) in [5, 5.41) is 14.0. The second-order valence-electron chi connectivity index (χ2n) is 19.9. The number of hydrogen-bond donors (Lipinski definition) is 2. The highest BCUT2D eigenvalue weighted by atomic mass is 31.2. The molecule has 0 saturated heterocycles. The number of amides is 1. The molecule has 0 rings (SSSR count). The summed E-state index contributed by atoms with van der Waals surface area (Å²) in [4.78, 5) is 25.5. The first-order valence-corrected chi connectivity index (χ1v) is 28.5. The number of allylic oxidation sites excluding steroid dienone is 2. The molecule has 0 fully saturated rings. The minimum Gasteiger partial charge on any atom is -0.756 e. The maximum atomic E-state index is 12.9. The predicted molar refractivity (Wildman–Crippen MR) is 266 cm³/mol. The lowest BCUT2D eigenvalue weighted by atomic mass is 10.0. The molecule has 0 aliphatic carbocycles. The van der Waals surface area contributed by atoms with E-state index in [0.717, 1.165) is 51.4 Å². The van der Waals surface area contributed by atoms with Crippen LogP contribution in [0.25, 0.3) is 0 Å². The van der Waals surface area contributed by atoms with Crippen molar-refractivity contribution >= 4 is 13.7 Å². The van der Waals surface area contributed by atoms with Gasteiger partial charge in [-0.15, -0.1) is 0 Å². The molecule has 1 amide bonds. The first-order valence-electron chi connectivity index (χ1n) is 27.0. The second kappa shape index (κ2) is 45.4. The lowest BCUT2D eigenvalue weighted by Gasteiger charge is -2.30. The fourth-order valence-electron chi connectivity index (χ4n) is 8.21. The minimum atomic E-state index is -4.57. The maximum absolute atomic E-state index is 12.9. The third kappa shape index (κ3) is 47.2. The number of carbonyl (C=O) groups excluding carboxylic acids is 1. The molecule has 0 aliphatic rings. The molecule has 0 radical (unpaired) electrons. The molecule has 2 N–H and O–H groups in total. The number of likely N-dealkylation sites (N-methyl/N-ethyl adjacent to an activating group) is 1. The van der Waals surface area contributed by atoms with Crippen LogP contribution in [-0.2, 0) is 18.4 Å². The van der Waals surface area contributed by atoms with E-state index in [-0.39, 0.29) is 19.1 Å². The Kier molecular flexibility index (Phi) is 44.8. The monoisotopic (exact) mass is 899 g/mol. The molecule has 8 nitrogen and oxygen atoms in total. The molecule has 0 spiro atoms. The van der Waals surface area contributed by atoms with Crippen LogP contribution in [0, 0.1) is 0 Å². The van der Waals surface area contributed by atoms with Crippen LogP contribution >= 0.6 is 7.82 Å². The van der Waals surface area contributed by atoms with Gasteiger partial charge in [0.1, 0.15) is 13.2 Å². The van der Waals surface area contributed by atoms with Crippen LogP contribution < -0.4 is 10.2 Å². The lowest BCUT2D eigenvalue weighted by Crippen LogP contribution is -2.46. The second-order valence-corrected chi connectivity index (χ2v) is 21.4. The number of phosphoric acid groups is 1. The SMILES string of the molecule is CCCCCCCCCCC/C=C\CCCCCCCC(=O)NC(COP(=O)([O-])OCC[N+](C)(C)C)C(O)CCCCCCCCCCCCCCCCCCCCCCCC. The minimum absolute atomic E-state index is 0.0129. The van der Waals surface area contributed by atoms with E-state index in [1.807, 2.05) is 21.1 Å². The largest absolute Gasteiger partial charge is 0.756 e. The van der Waals surface area contributed by atoms with Crippen molar-refractivity contribution in [1.82, 2.24) is 5.32 Å². The summed E-state index contributed by atoms with van der Waals surface area (Å²) in [7, 11) is 1.31. The van der Waals surface area contributed by atoms with Crippen molar-refractivity contribution in [1.29, 1.82) is 0 Å². The van der Waals surface area contributed by atoms with Crippen molar-refractivity contribution < 1.29 is 32.9 Å². The number of hydrogen-bond acceptors (Lipinski definition) is 6.